The van der Waals surface area contributed by atoms with Crippen LogP contribution >= 0.6 is 11.3 Å². The Morgan fingerprint density at radius 2 is 2.30 bits per heavy atom. The van der Waals surface area contributed by atoms with E-state index in [9.17, 15) is 0 Å². The third kappa shape index (κ3) is 2.40. The lowest BCUT2D eigenvalue weighted by atomic mass is 9.91. The lowest BCUT2D eigenvalue weighted by Crippen LogP contribution is -2.25. The molecule has 0 spiro atoms. The molecule has 2 heterocycles. The lowest BCUT2D eigenvalue weighted by molar-refractivity contribution is 0.500. The van der Waals surface area contributed by atoms with Gasteiger partial charge in [-0.25, -0.2) is 4.98 Å². The lowest BCUT2D eigenvalue weighted by Gasteiger charge is -2.21. The predicted octanol–water partition coefficient (Wildman–Crippen LogP) is 2.72. The van der Waals surface area contributed by atoms with Crippen molar-refractivity contribution >= 4 is 11.3 Å². The first-order chi connectivity index (χ1) is 9.79. The molecule has 2 aromatic heterocycles. The predicted molar refractivity (Wildman–Crippen MR) is 81.0 cm³/mol. The Morgan fingerprint density at radius 3 is 3.05 bits per heavy atom. The number of thiazole rings is 1. The molecule has 2 aliphatic carbocycles. The Balaban J connectivity index is 1.58. The van der Waals surface area contributed by atoms with Crippen molar-refractivity contribution in [3.63, 3.8) is 0 Å². The van der Waals surface area contributed by atoms with E-state index in [1.165, 1.54) is 42.7 Å². The van der Waals surface area contributed by atoms with E-state index in [0.717, 1.165) is 23.3 Å². The Morgan fingerprint density at radius 1 is 1.40 bits per heavy atom. The van der Waals surface area contributed by atoms with Gasteiger partial charge in [-0.05, 0) is 38.2 Å². The zero-order valence-corrected chi connectivity index (χ0v) is 12.6. The minimum atomic E-state index is 0.605. The Labute approximate surface area is 123 Å². The second kappa shape index (κ2) is 4.97. The van der Waals surface area contributed by atoms with E-state index in [1.54, 1.807) is 0 Å². The van der Waals surface area contributed by atoms with E-state index in [-0.39, 0.29) is 0 Å². The van der Waals surface area contributed by atoms with Crippen LogP contribution < -0.4 is 5.32 Å². The maximum Gasteiger partial charge on any atom is 0.144 e. The van der Waals surface area contributed by atoms with Crippen LogP contribution in [-0.2, 0) is 13.5 Å². The number of fused-ring (bicyclic) bond motifs is 1. The van der Waals surface area contributed by atoms with Crippen LogP contribution in [0.15, 0.2) is 12.3 Å². The fourth-order valence-electron chi connectivity index (χ4n) is 2.94. The highest BCUT2D eigenvalue weighted by atomic mass is 32.1. The summed E-state index contributed by atoms with van der Waals surface area (Å²) in [6.07, 6.45) is 8.47. The molecule has 2 aromatic rings. The molecule has 0 bridgehead atoms. The summed E-state index contributed by atoms with van der Waals surface area (Å²) >= 11 is 1.84. The number of nitrogens with zero attached hydrogens (tertiary/aromatic N) is 3. The fraction of sp³-hybridized carbons (Fsp3) is 0.600. The monoisotopic (exact) mass is 288 g/mol. The summed E-state index contributed by atoms with van der Waals surface area (Å²) in [4.78, 5) is 6.40. The standard InChI is InChI=1S/C15H20N4S/c1-19-8-7-12(18-19)15-17-14-10(9-16-11-5-6-11)3-2-4-13(14)20-15/h7-8,10-11,16H,2-6,9H2,1H3. The van der Waals surface area contributed by atoms with Crippen molar-refractivity contribution in [2.45, 2.75) is 44.1 Å². The fourth-order valence-corrected chi connectivity index (χ4v) is 4.10. The molecule has 0 aliphatic heterocycles. The molecule has 1 unspecified atom stereocenters. The molecule has 2 aliphatic rings. The molecular weight excluding hydrogens is 268 g/mol. The number of aryl methyl sites for hydroxylation is 2. The minimum absolute atomic E-state index is 0.605. The normalized spacial score (nSPS) is 21.9. The molecule has 1 saturated carbocycles. The zero-order chi connectivity index (χ0) is 13.5. The highest BCUT2D eigenvalue weighted by molar-refractivity contribution is 7.15. The number of aromatic nitrogens is 3. The van der Waals surface area contributed by atoms with Gasteiger partial charge >= 0.3 is 0 Å². The Hall–Kier alpha value is -1.20. The molecule has 0 amide bonds. The van der Waals surface area contributed by atoms with Crippen molar-refractivity contribution in [2.24, 2.45) is 7.05 Å². The quantitative estimate of drug-likeness (QED) is 0.940. The van der Waals surface area contributed by atoms with Crippen LogP contribution in [0.5, 0.6) is 0 Å². The molecule has 0 saturated heterocycles. The third-order valence-electron chi connectivity index (χ3n) is 4.23. The largest absolute Gasteiger partial charge is 0.313 e. The summed E-state index contributed by atoms with van der Waals surface area (Å²) in [5.74, 6) is 0.605. The van der Waals surface area contributed by atoms with Gasteiger partial charge in [0.25, 0.3) is 0 Å². The van der Waals surface area contributed by atoms with Gasteiger partial charge in [0.2, 0.25) is 0 Å². The first-order valence-electron chi connectivity index (χ1n) is 7.52. The molecule has 1 fully saturated rings. The molecule has 0 aromatic carbocycles. The van der Waals surface area contributed by atoms with Gasteiger partial charge in [0.15, 0.2) is 0 Å². The molecule has 5 heteroatoms. The SMILES string of the molecule is Cn1ccc(-c2nc3c(s2)CCCC3CNC2CC2)n1. The second-order valence-corrected chi connectivity index (χ2v) is 7.06. The van der Waals surface area contributed by atoms with Crippen LogP contribution in [0.1, 0.15) is 42.2 Å². The van der Waals surface area contributed by atoms with Gasteiger partial charge in [0.1, 0.15) is 10.7 Å². The molecule has 4 nitrogen and oxygen atoms in total. The summed E-state index contributed by atoms with van der Waals surface area (Å²) in [6.45, 7) is 1.10. The average Bonchev–Trinajstić information content (AvgIpc) is 3.00. The van der Waals surface area contributed by atoms with Gasteiger partial charge in [0.05, 0.1) is 5.69 Å². The van der Waals surface area contributed by atoms with Gasteiger partial charge in [0, 0.05) is 36.6 Å². The Kier molecular flexibility index (Phi) is 3.11. The maximum absolute atomic E-state index is 4.92. The van der Waals surface area contributed by atoms with Crippen LogP contribution in [0.3, 0.4) is 0 Å². The molecular formula is C15H20N4S. The molecule has 20 heavy (non-hydrogen) atoms. The van der Waals surface area contributed by atoms with E-state index in [1.807, 2.05) is 29.3 Å². The van der Waals surface area contributed by atoms with Crippen LogP contribution in [-0.4, -0.2) is 27.4 Å². The van der Waals surface area contributed by atoms with Crippen molar-refractivity contribution in [3.05, 3.63) is 22.8 Å². The summed E-state index contributed by atoms with van der Waals surface area (Å²) in [6, 6.07) is 2.84. The second-order valence-electron chi connectivity index (χ2n) is 5.97. The van der Waals surface area contributed by atoms with Crippen molar-refractivity contribution in [2.75, 3.05) is 6.54 Å². The van der Waals surface area contributed by atoms with E-state index in [2.05, 4.69) is 16.5 Å². The summed E-state index contributed by atoms with van der Waals surface area (Å²) in [5.41, 5.74) is 2.36. The highest BCUT2D eigenvalue weighted by Crippen LogP contribution is 2.37. The van der Waals surface area contributed by atoms with Gasteiger partial charge < -0.3 is 5.32 Å². The van der Waals surface area contributed by atoms with Crippen LogP contribution in [0, 0.1) is 0 Å². The van der Waals surface area contributed by atoms with E-state index in [0.29, 0.717) is 5.92 Å². The number of nitrogens with one attached hydrogen (secondary N) is 1. The first-order valence-corrected chi connectivity index (χ1v) is 8.34. The molecule has 1 atom stereocenters. The molecule has 106 valence electrons. The van der Waals surface area contributed by atoms with Crippen molar-refractivity contribution < 1.29 is 0 Å². The molecule has 4 rings (SSSR count). The van der Waals surface area contributed by atoms with Gasteiger partial charge in [-0.15, -0.1) is 11.3 Å². The number of hydrogen-bond acceptors (Lipinski definition) is 4. The average molecular weight is 288 g/mol. The van der Waals surface area contributed by atoms with E-state index in [4.69, 9.17) is 4.98 Å². The van der Waals surface area contributed by atoms with Gasteiger partial charge in [-0.2, -0.15) is 5.10 Å². The third-order valence-corrected chi connectivity index (χ3v) is 5.39. The van der Waals surface area contributed by atoms with Gasteiger partial charge in [-0.3, -0.25) is 4.68 Å². The van der Waals surface area contributed by atoms with Crippen molar-refractivity contribution in [3.8, 4) is 10.7 Å². The topological polar surface area (TPSA) is 42.7 Å². The number of hydrogen-bond donors (Lipinski definition) is 1. The van der Waals surface area contributed by atoms with Crippen molar-refractivity contribution in [1.82, 2.24) is 20.1 Å². The van der Waals surface area contributed by atoms with Crippen molar-refractivity contribution in [1.29, 1.82) is 0 Å². The summed E-state index contributed by atoms with van der Waals surface area (Å²) < 4.78 is 1.85. The van der Waals surface area contributed by atoms with Gasteiger partial charge in [-0.1, -0.05) is 0 Å². The first kappa shape index (κ1) is 12.5. The van der Waals surface area contributed by atoms with Crippen LogP contribution in [0.4, 0.5) is 0 Å². The summed E-state index contributed by atoms with van der Waals surface area (Å²) in [7, 11) is 1.96. The van der Waals surface area contributed by atoms with E-state index >= 15 is 0 Å². The van der Waals surface area contributed by atoms with E-state index < -0.39 is 0 Å². The highest BCUT2D eigenvalue weighted by Gasteiger charge is 2.28. The molecule has 0 radical (unpaired) electrons. The molecule has 1 N–H and O–H groups in total. The Bertz CT molecular complexity index is 611. The maximum atomic E-state index is 4.92. The number of rotatable bonds is 4. The smallest absolute Gasteiger partial charge is 0.144 e. The minimum Gasteiger partial charge on any atom is -0.313 e. The van der Waals surface area contributed by atoms with Crippen LogP contribution in [0.2, 0.25) is 0 Å². The zero-order valence-electron chi connectivity index (χ0n) is 11.8. The summed E-state index contributed by atoms with van der Waals surface area (Å²) in [5, 5.41) is 9.24. The van der Waals surface area contributed by atoms with Crippen LogP contribution in [0.25, 0.3) is 10.7 Å².